The number of benzene rings is 3. The number of carbonyl (C=O) groups excluding carboxylic acids is 1. The molecule has 1 aromatic heterocycles. The third-order valence-corrected chi connectivity index (χ3v) is 5.30. The van der Waals surface area contributed by atoms with E-state index in [1.165, 1.54) is 0 Å². The maximum atomic E-state index is 12.9. The van der Waals surface area contributed by atoms with Gasteiger partial charge in [0.05, 0.1) is 0 Å². The highest BCUT2D eigenvalue weighted by Crippen LogP contribution is 2.37. The van der Waals surface area contributed by atoms with E-state index >= 15 is 0 Å². The number of hydrogen-bond donors (Lipinski definition) is 2. The third kappa shape index (κ3) is 3.82. The van der Waals surface area contributed by atoms with Crippen molar-refractivity contribution in [2.24, 2.45) is 0 Å². The smallest absolute Gasteiger partial charge is 0.251 e. The van der Waals surface area contributed by atoms with Gasteiger partial charge in [-0.1, -0.05) is 36.4 Å². The number of rotatable bonds is 5. The van der Waals surface area contributed by atoms with Crippen LogP contribution in [0.2, 0.25) is 0 Å². The number of H-pyrrole nitrogens is 1. The Morgan fingerprint density at radius 2 is 1.84 bits per heavy atom. The van der Waals surface area contributed by atoms with Crippen LogP contribution in [0.5, 0.6) is 11.5 Å². The number of ether oxygens (including phenoxy) is 2. The molecule has 7 heteroatoms. The topological polar surface area (TPSA) is 89.1 Å². The molecule has 2 N–H and O–H groups in total. The predicted molar refractivity (Wildman–Crippen MR) is 118 cm³/mol. The summed E-state index contributed by atoms with van der Waals surface area (Å²) in [6.45, 7) is 3.43. The van der Waals surface area contributed by atoms with E-state index in [1.807, 2.05) is 55.5 Å². The van der Waals surface area contributed by atoms with Gasteiger partial charge in [0.2, 0.25) is 0 Å². The first-order chi connectivity index (χ1) is 15.2. The number of nitrogens with zero attached hydrogens (tertiary/aromatic N) is 2. The minimum Gasteiger partial charge on any atom is -0.486 e. The Morgan fingerprint density at radius 1 is 1.03 bits per heavy atom. The van der Waals surface area contributed by atoms with Crippen LogP contribution in [0.3, 0.4) is 0 Å². The Labute approximate surface area is 179 Å². The molecule has 0 fully saturated rings. The van der Waals surface area contributed by atoms with Crippen molar-refractivity contribution in [1.82, 2.24) is 20.5 Å². The molecule has 0 spiro atoms. The van der Waals surface area contributed by atoms with Crippen molar-refractivity contribution in [3.63, 3.8) is 0 Å². The number of fused-ring (bicyclic) bond motifs is 2. The van der Waals surface area contributed by atoms with Gasteiger partial charge in [-0.05, 0) is 47.0 Å². The number of aromatic nitrogens is 3. The van der Waals surface area contributed by atoms with Crippen LogP contribution in [0.4, 0.5) is 0 Å². The maximum absolute atomic E-state index is 12.9. The zero-order chi connectivity index (χ0) is 21.2. The highest BCUT2D eigenvalue weighted by atomic mass is 16.6. The fourth-order valence-electron chi connectivity index (χ4n) is 3.85. The van der Waals surface area contributed by atoms with E-state index < -0.39 is 0 Å². The lowest BCUT2D eigenvalue weighted by Gasteiger charge is -2.19. The second kappa shape index (κ2) is 8.10. The molecule has 7 nitrogen and oxygen atoms in total. The molecular formula is C24H22N4O3. The Bertz CT molecular complexity index is 1260. The largest absolute Gasteiger partial charge is 0.486 e. The standard InChI is InChI=1S/C24H22N4O3/c1-15-26-23(28-27-15)10-11-25-24(29)20-7-3-5-18-17(4-2-6-19(18)20)16-8-9-21-22(14-16)31-13-12-30-21/h2-9,14H,10-13H2,1H3,(H,25,29)(H,26,27,28). The Balaban J connectivity index is 1.42. The second-order valence-corrected chi connectivity index (χ2v) is 7.41. The van der Waals surface area contributed by atoms with E-state index in [0.29, 0.717) is 37.6 Å². The molecule has 4 aromatic rings. The lowest BCUT2D eigenvalue weighted by atomic mass is 9.95. The summed E-state index contributed by atoms with van der Waals surface area (Å²) in [5.74, 6) is 2.85. The summed E-state index contributed by atoms with van der Waals surface area (Å²) in [6, 6.07) is 17.8. The monoisotopic (exact) mass is 414 g/mol. The third-order valence-electron chi connectivity index (χ3n) is 5.30. The van der Waals surface area contributed by atoms with Crippen LogP contribution in [0.25, 0.3) is 21.9 Å². The van der Waals surface area contributed by atoms with E-state index in [-0.39, 0.29) is 5.91 Å². The first-order valence-electron chi connectivity index (χ1n) is 10.3. The first-order valence-corrected chi connectivity index (χ1v) is 10.3. The molecule has 5 rings (SSSR count). The van der Waals surface area contributed by atoms with Gasteiger partial charge in [0.1, 0.15) is 19.0 Å². The number of nitrogens with one attached hydrogen (secondary N) is 2. The normalized spacial score (nSPS) is 12.7. The van der Waals surface area contributed by atoms with Gasteiger partial charge in [0.15, 0.2) is 17.3 Å². The molecule has 1 aliphatic heterocycles. The fraction of sp³-hybridized carbons (Fsp3) is 0.208. The molecule has 156 valence electrons. The molecule has 0 radical (unpaired) electrons. The van der Waals surface area contributed by atoms with Crippen molar-refractivity contribution in [1.29, 1.82) is 0 Å². The Kier molecular flexibility index (Phi) is 5.00. The molecule has 0 bridgehead atoms. The predicted octanol–water partition coefficient (Wildman–Crippen LogP) is 3.68. The number of carbonyl (C=O) groups is 1. The van der Waals surface area contributed by atoms with Crippen molar-refractivity contribution in [3.8, 4) is 22.6 Å². The van der Waals surface area contributed by atoms with Gasteiger partial charge in [-0.3, -0.25) is 9.89 Å². The van der Waals surface area contributed by atoms with Gasteiger partial charge >= 0.3 is 0 Å². The number of aromatic amines is 1. The van der Waals surface area contributed by atoms with E-state index in [9.17, 15) is 4.79 Å². The SMILES string of the molecule is Cc1nc(CCNC(=O)c2cccc3c(-c4ccc5c(c4)OCCO5)cccc23)n[nH]1. The molecule has 2 heterocycles. The molecule has 1 aliphatic rings. The molecule has 0 saturated heterocycles. The van der Waals surface area contributed by atoms with Crippen molar-refractivity contribution >= 4 is 16.7 Å². The van der Waals surface area contributed by atoms with Crippen LogP contribution in [0.1, 0.15) is 22.0 Å². The molecule has 3 aromatic carbocycles. The highest BCUT2D eigenvalue weighted by molar-refractivity contribution is 6.10. The molecular weight excluding hydrogens is 392 g/mol. The Hall–Kier alpha value is -3.87. The molecule has 0 aliphatic carbocycles. The minimum absolute atomic E-state index is 0.114. The summed E-state index contributed by atoms with van der Waals surface area (Å²) >= 11 is 0. The van der Waals surface area contributed by atoms with Gasteiger partial charge < -0.3 is 14.8 Å². The van der Waals surface area contributed by atoms with Crippen molar-refractivity contribution in [3.05, 3.63) is 71.8 Å². The zero-order valence-corrected chi connectivity index (χ0v) is 17.1. The molecule has 0 saturated carbocycles. The average Bonchev–Trinajstić information content (AvgIpc) is 3.22. The van der Waals surface area contributed by atoms with E-state index in [4.69, 9.17) is 9.47 Å². The first kappa shape index (κ1) is 19.1. The number of hydrogen-bond acceptors (Lipinski definition) is 5. The summed E-state index contributed by atoms with van der Waals surface area (Å²) in [6.07, 6.45) is 0.573. The summed E-state index contributed by atoms with van der Waals surface area (Å²) in [5, 5.41) is 11.8. The van der Waals surface area contributed by atoms with Crippen molar-refractivity contribution in [2.45, 2.75) is 13.3 Å². The maximum Gasteiger partial charge on any atom is 0.251 e. The number of aryl methyl sites for hydroxylation is 1. The summed E-state index contributed by atoms with van der Waals surface area (Å²) < 4.78 is 11.4. The zero-order valence-electron chi connectivity index (χ0n) is 17.1. The van der Waals surface area contributed by atoms with Crippen LogP contribution < -0.4 is 14.8 Å². The van der Waals surface area contributed by atoms with E-state index in [0.717, 1.165) is 39.2 Å². The minimum atomic E-state index is -0.114. The Morgan fingerprint density at radius 3 is 2.68 bits per heavy atom. The number of amides is 1. The quantitative estimate of drug-likeness (QED) is 0.520. The summed E-state index contributed by atoms with van der Waals surface area (Å²) in [5.41, 5.74) is 2.70. The van der Waals surface area contributed by atoms with Gasteiger partial charge in [-0.25, -0.2) is 4.98 Å². The average molecular weight is 414 g/mol. The second-order valence-electron chi connectivity index (χ2n) is 7.41. The van der Waals surface area contributed by atoms with Crippen LogP contribution in [-0.4, -0.2) is 40.8 Å². The van der Waals surface area contributed by atoms with Crippen molar-refractivity contribution in [2.75, 3.05) is 19.8 Å². The van der Waals surface area contributed by atoms with Gasteiger partial charge in [0.25, 0.3) is 5.91 Å². The van der Waals surface area contributed by atoms with Crippen LogP contribution >= 0.6 is 0 Å². The van der Waals surface area contributed by atoms with Crippen LogP contribution in [0.15, 0.2) is 54.6 Å². The fourth-order valence-corrected chi connectivity index (χ4v) is 3.85. The van der Waals surface area contributed by atoms with Crippen LogP contribution in [-0.2, 0) is 6.42 Å². The van der Waals surface area contributed by atoms with Gasteiger partial charge in [-0.15, -0.1) is 0 Å². The lowest BCUT2D eigenvalue weighted by Crippen LogP contribution is -2.26. The summed E-state index contributed by atoms with van der Waals surface area (Å²) in [7, 11) is 0. The molecule has 0 atom stereocenters. The van der Waals surface area contributed by atoms with Gasteiger partial charge in [-0.2, -0.15) is 5.10 Å². The van der Waals surface area contributed by atoms with Crippen molar-refractivity contribution < 1.29 is 14.3 Å². The molecule has 0 unspecified atom stereocenters. The van der Waals surface area contributed by atoms with Gasteiger partial charge in [0, 0.05) is 18.5 Å². The lowest BCUT2D eigenvalue weighted by molar-refractivity contribution is 0.0955. The van der Waals surface area contributed by atoms with E-state index in [1.54, 1.807) is 0 Å². The van der Waals surface area contributed by atoms with Crippen LogP contribution in [0, 0.1) is 6.92 Å². The highest BCUT2D eigenvalue weighted by Gasteiger charge is 2.16. The molecule has 1 amide bonds. The van der Waals surface area contributed by atoms with E-state index in [2.05, 4.69) is 26.6 Å². The molecule has 31 heavy (non-hydrogen) atoms. The summed E-state index contributed by atoms with van der Waals surface area (Å²) in [4.78, 5) is 17.2.